The Kier molecular flexibility index (Phi) is 4.22. The molecule has 0 atom stereocenters. The molecule has 1 saturated carbocycles. The van der Waals surface area contributed by atoms with Gasteiger partial charge in [-0.25, -0.2) is 0 Å². The molecule has 0 unspecified atom stereocenters. The van der Waals surface area contributed by atoms with Gasteiger partial charge in [0.2, 0.25) is 5.91 Å². The van der Waals surface area contributed by atoms with Gasteiger partial charge in [0.05, 0.1) is 0 Å². The van der Waals surface area contributed by atoms with Gasteiger partial charge in [-0.2, -0.15) is 0 Å². The van der Waals surface area contributed by atoms with Crippen LogP contribution >= 0.6 is 0 Å². The number of pyridine rings is 1. The smallest absolute Gasteiger partial charge is 0.236 e. The van der Waals surface area contributed by atoms with E-state index in [1.54, 1.807) is 24.3 Å². The minimum absolute atomic E-state index is 0.0292. The van der Waals surface area contributed by atoms with E-state index in [2.05, 4.69) is 10.1 Å². The fourth-order valence-electron chi connectivity index (χ4n) is 2.85. The molecule has 1 amide bonds. The largest absolute Gasteiger partial charge is 0.409 e. The monoisotopic (exact) mass is 276 g/mol. The molecule has 1 fully saturated rings. The molecule has 6 nitrogen and oxygen atoms in total. The first-order valence-corrected chi connectivity index (χ1v) is 6.72. The average Bonchev–Trinajstić information content (AvgIpc) is 2.97. The molecule has 108 valence electrons. The van der Waals surface area contributed by atoms with Gasteiger partial charge in [0, 0.05) is 26.0 Å². The van der Waals surface area contributed by atoms with E-state index in [0.29, 0.717) is 19.4 Å². The van der Waals surface area contributed by atoms with Crippen LogP contribution < -0.4 is 5.73 Å². The molecule has 0 aliphatic heterocycles. The van der Waals surface area contributed by atoms with Crippen LogP contribution in [0.25, 0.3) is 0 Å². The molecule has 1 aromatic rings. The lowest BCUT2D eigenvalue weighted by molar-refractivity contribution is -0.137. The Labute approximate surface area is 118 Å². The van der Waals surface area contributed by atoms with Crippen molar-refractivity contribution in [3.8, 4) is 0 Å². The standard InChI is InChI=1S/C14H20N4O2/c1-18(10-11-4-8-16-9-5-11)13(19)14(12(15)17-20)6-2-3-7-14/h4-5,8-9,20H,2-3,6-7,10H2,1H3,(H2,15,17). The molecule has 3 N–H and O–H groups in total. The number of nitrogens with two attached hydrogens (primary N) is 1. The third-order valence-corrected chi connectivity index (χ3v) is 3.98. The van der Waals surface area contributed by atoms with Crippen LogP contribution in [0.5, 0.6) is 0 Å². The van der Waals surface area contributed by atoms with Gasteiger partial charge in [-0.15, -0.1) is 0 Å². The van der Waals surface area contributed by atoms with Crippen LogP contribution in [-0.4, -0.2) is 33.9 Å². The lowest BCUT2D eigenvalue weighted by atomic mass is 9.83. The van der Waals surface area contributed by atoms with Crippen molar-refractivity contribution in [1.82, 2.24) is 9.88 Å². The third-order valence-electron chi connectivity index (χ3n) is 3.98. The predicted molar refractivity (Wildman–Crippen MR) is 75.0 cm³/mol. The van der Waals surface area contributed by atoms with Crippen molar-refractivity contribution in [2.24, 2.45) is 16.3 Å². The van der Waals surface area contributed by atoms with Crippen molar-refractivity contribution in [2.75, 3.05) is 7.05 Å². The van der Waals surface area contributed by atoms with Gasteiger partial charge in [0.25, 0.3) is 0 Å². The second-order valence-electron chi connectivity index (χ2n) is 5.29. The molecule has 1 heterocycles. The van der Waals surface area contributed by atoms with Crippen molar-refractivity contribution in [2.45, 2.75) is 32.2 Å². The summed E-state index contributed by atoms with van der Waals surface area (Å²) in [5.74, 6) is -0.0521. The van der Waals surface area contributed by atoms with E-state index in [-0.39, 0.29) is 11.7 Å². The van der Waals surface area contributed by atoms with E-state index in [9.17, 15) is 4.79 Å². The quantitative estimate of drug-likeness (QED) is 0.376. The lowest BCUT2D eigenvalue weighted by Crippen LogP contribution is -2.48. The minimum Gasteiger partial charge on any atom is -0.409 e. The Morgan fingerprint density at radius 3 is 2.60 bits per heavy atom. The Morgan fingerprint density at radius 1 is 1.45 bits per heavy atom. The zero-order chi connectivity index (χ0) is 14.6. The van der Waals surface area contributed by atoms with Gasteiger partial charge < -0.3 is 15.8 Å². The van der Waals surface area contributed by atoms with Gasteiger partial charge in [-0.1, -0.05) is 18.0 Å². The molecule has 1 aliphatic rings. The summed E-state index contributed by atoms with van der Waals surface area (Å²) in [6, 6.07) is 3.74. The third kappa shape index (κ3) is 2.59. The summed E-state index contributed by atoms with van der Waals surface area (Å²) < 4.78 is 0. The number of carbonyl (C=O) groups excluding carboxylic acids is 1. The lowest BCUT2D eigenvalue weighted by Gasteiger charge is -2.31. The Balaban J connectivity index is 2.16. The molecule has 0 spiro atoms. The number of hydrogen-bond donors (Lipinski definition) is 2. The van der Waals surface area contributed by atoms with Crippen molar-refractivity contribution in [3.05, 3.63) is 30.1 Å². The summed E-state index contributed by atoms with van der Waals surface area (Å²) in [6.45, 7) is 0.488. The van der Waals surface area contributed by atoms with E-state index in [1.165, 1.54) is 0 Å². The van der Waals surface area contributed by atoms with Crippen LogP contribution in [0, 0.1) is 5.41 Å². The Hall–Kier alpha value is -2.11. The average molecular weight is 276 g/mol. The molecule has 20 heavy (non-hydrogen) atoms. The number of carbonyl (C=O) groups is 1. The maximum atomic E-state index is 12.7. The summed E-state index contributed by atoms with van der Waals surface area (Å²) >= 11 is 0. The van der Waals surface area contributed by atoms with E-state index >= 15 is 0 Å². The molecular formula is C14H20N4O2. The second-order valence-corrected chi connectivity index (χ2v) is 5.29. The predicted octanol–water partition coefficient (Wildman–Crippen LogP) is 1.35. The van der Waals surface area contributed by atoms with Gasteiger partial charge in [-0.3, -0.25) is 9.78 Å². The first-order chi connectivity index (χ1) is 9.60. The maximum absolute atomic E-state index is 12.7. The summed E-state index contributed by atoms with van der Waals surface area (Å²) in [5, 5.41) is 12.1. The molecule has 0 bridgehead atoms. The molecule has 2 rings (SSSR count). The minimum atomic E-state index is -0.837. The highest BCUT2D eigenvalue weighted by atomic mass is 16.4. The van der Waals surface area contributed by atoms with Crippen molar-refractivity contribution < 1.29 is 10.0 Å². The molecule has 1 aromatic heterocycles. The van der Waals surface area contributed by atoms with Crippen molar-refractivity contribution in [3.63, 3.8) is 0 Å². The van der Waals surface area contributed by atoms with Crippen LogP contribution in [-0.2, 0) is 11.3 Å². The van der Waals surface area contributed by atoms with E-state index in [4.69, 9.17) is 10.9 Å². The molecule has 6 heteroatoms. The Morgan fingerprint density at radius 2 is 2.05 bits per heavy atom. The van der Waals surface area contributed by atoms with E-state index < -0.39 is 5.41 Å². The fourth-order valence-corrected chi connectivity index (χ4v) is 2.85. The number of rotatable bonds is 4. The van der Waals surface area contributed by atoms with Crippen LogP contribution in [0.1, 0.15) is 31.2 Å². The fraction of sp³-hybridized carbons (Fsp3) is 0.500. The summed E-state index contributed by atoms with van der Waals surface area (Å²) in [7, 11) is 1.74. The number of amides is 1. The van der Waals surface area contributed by atoms with Gasteiger partial charge >= 0.3 is 0 Å². The van der Waals surface area contributed by atoms with Crippen LogP contribution in [0.15, 0.2) is 29.7 Å². The highest BCUT2D eigenvalue weighted by Gasteiger charge is 2.46. The molecule has 0 radical (unpaired) electrons. The Bertz CT molecular complexity index is 495. The summed E-state index contributed by atoms with van der Waals surface area (Å²) in [4.78, 5) is 18.3. The van der Waals surface area contributed by atoms with Crippen LogP contribution in [0.2, 0.25) is 0 Å². The van der Waals surface area contributed by atoms with Crippen molar-refractivity contribution in [1.29, 1.82) is 0 Å². The number of amidine groups is 1. The molecule has 0 aromatic carbocycles. The number of nitrogens with zero attached hydrogens (tertiary/aromatic N) is 3. The first kappa shape index (κ1) is 14.3. The van der Waals surface area contributed by atoms with Crippen LogP contribution in [0.4, 0.5) is 0 Å². The molecular weight excluding hydrogens is 256 g/mol. The van der Waals surface area contributed by atoms with Gasteiger partial charge in [-0.05, 0) is 30.5 Å². The van der Waals surface area contributed by atoms with Crippen LogP contribution in [0.3, 0.4) is 0 Å². The SMILES string of the molecule is CN(Cc1ccncc1)C(=O)C1(C(N)=NO)CCCC1. The van der Waals surface area contributed by atoms with Gasteiger partial charge in [0.15, 0.2) is 5.84 Å². The number of aromatic nitrogens is 1. The highest BCUT2D eigenvalue weighted by molar-refractivity contribution is 6.06. The first-order valence-electron chi connectivity index (χ1n) is 6.72. The summed E-state index contributed by atoms with van der Waals surface area (Å²) in [6.07, 6.45) is 6.52. The van der Waals surface area contributed by atoms with E-state index in [1.807, 2.05) is 12.1 Å². The summed E-state index contributed by atoms with van der Waals surface area (Å²) in [5.41, 5.74) is 5.95. The molecule has 0 saturated heterocycles. The number of hydrogen-bond acceptors (Lipinski definition) is 4. The second kappa shape index (κ2) is 5.90. The topological polar surface area (TPSA) is 91.8 Å². The number of oxime groups is 1. The molecule has 1 aliphatic carbocycles. The van der Waals surface area contributed by atoms with Gasteiger partial charge in [0.1, 0.15) is 5.41 Å². The maximum Gasteiger partial charge on any atom is 0.236 e. The highest BCUT2D eigenvalue weighted by Crippen LogP contribution is 2.40. The zero-order valence-corrected chi connectivity index (χ0v) is 11.6. The van der Waals surface area contributed by atoms with E-state index in [0.717, 1.165) is 18.4 Å². The normalized spacial score (nSPS) is 17.9. The zero-order valence-electron chi connectivity index (χ0n) is 11.6. The van der Waals surface area contributed by atoms with Crippen molar-refractivity contribution >= 4 is 11.7 Å².